The molecule has 4 N–H and O–H groups in total. The third-order valence-corrected chi connectivity index (χ3v) is 3.66. The Morgan fingerprint density at radius 2 is 1.84 bits per heavy atom. The highest BCUT2D eigenvalue weighted by Crippen LogP contribution is 2.07. The minimum Gasteiger partial charge on any atom is -0.481 e. The van der Waals surface area contributed by atoms with Gasteiger partial charge in [-0.2, -0.15) is 0 Å². The first kappa shape index (κ1) is 15.1. The van der Waals surface area contributed by atoms with Crippen LogP contribution in [0.25, 0.3) is 0 Å². The van der Waals surface area contributed by atoms with E-state index in [9.17, 15) is 18.0 Å². The highest BCUT2D eigenvalue weighted by atomic mass is 32.2. The Labute approximate surface area is 110 Å². The first-order valence-electron chi connectivity index (χ1n) is 5.42. The second-order valence-corrected chi connectivity index (χ2v) is 5.50. The Morgan fingerprint density at radius 1 is 1.26 bits per heavy atom. The number of amides is 1. The van der Waals surface area contributed by atoms with E-state index >= 15 is 0 Å². The molecule has 0 radical (unpaired) electrons. The van der Waals surface area contributed by atoms with Crippen LogP contribution in [-0.4, -0.2) is 31.4 Å². The summed E-state index contributed by atoms with van der Waals surface area (Å²) in [6.07, 6.45) is -0.439. The third-order valence-electron chi connectivity index (χ3n) is 2.29. The highest BCUT2D eigenvalue weighted by molar-refractivity contribution is 7.90. The van der Waals surface area contributed by atoms with Crippen molar-refractivity contribution >= 4 is 21.9 Å². The second-order valence-electron chi connectivity index (χ2n) is 3.82. The summed E-state index contributed by atoms with van der Waals surface area (Å²) in [5.74, 6) is -2.03. The highest BCUT2D eigenvalue weighted by Gasteiger charge is 2.22. The fraction of sp³-hybridized carbons (Fsp3) is 0.273. The van der Waals surface area contributed by atoms with Crippen LogP contribution in [0.5, 0.6) is 0 Å². The van der Waals surface area contributed by atoms with Crippen LogP contribution in [0.2, 0.25) is 0 Å². The first-order chi connectivity index (χ1) is 8.83. The number of carbonyl (C=O) groups is 2. The Hall–Kier alpha value is -1.93. The van der Waals surface area contributed by atoms with Gasteiger partial charge >= 0.3 is 5.97 Å². The van der Waals surface area contributed by atoms with Crippen LogP contribution in [0.15, 0.2) is 35.2 Å². The van der Waals surface area contributed by atoms with Gasteiger partial charge in [0, 0.05) is 6.42 Å². The summed E-state index contributed by atoms with van der Waals surface area (Å²) < 4.78 is 25.4. The molecule has 19 heavy (non-hydrogen) atoms. The van der Waals surface area contributed by atoms with E-state index in [0.717, 1.165) is 0 Å². The molecule has 0 unspecified atom stereocenters. The standard InChI is InChI=1S/C11H14N2O5S/c12-9(6-7-10(14)15)11(16)13-19(17,18)8-4-2-1-3-5-8/h1-5,9H,6-7,12H2,(H,13,16)(H,14,15)/t9-/m1/s1. The van der Waals surface area contributed by atoms with Crippen molar-refractivity contribution in [1.82, 2.24) is 4.72 Å². The maximum absolute atomic E-state index is 11.8. The zero-order valence-corrected chi connectivity index (χ0v) is 10.8. The predicted molar refractivity (Wildman–Crippen MR) is 66.6 cm³/mol. The molecule has 0 saturated carbocycles. The van der Waals surface area contributed by atoms with E-state index in [2.05, 4.69) is 0 Å². The van der Waals surface area contributed by atoms with E-state index in [4.69, 9.17) is 10.8 Å². The van der Waals surface area contributed by atoms with E-state index in [0.29, 0.717) is 0 Å². The average Bonchev–Trinajstić information content (AvgIpc) is 2.36. The average molecular weight is 286 g/mol. The van der Waals surface area contributed by atoms with Gasteiger partial charge in [-0.05, 0) is 18.6 Å². The number of nitrogens with two attached hydrogens (primary N) is 1. The fourth-order valence-electron chi connectivity index (χ4n) is 1.28. The smallest absolute Gasteiger partial charge is 0.303 e. The van der Waals surface area contributed by atoms with Crippen LogP contribution in [0.1, 0.15) is 12.8 Å². The Morgan fingerprint density at radius 3 is 2.37 bits per heavy atom. The van der Waals surface area contributed by atoms with Gasteiger partial charge in [0.15, 0.2) is 0 Å². The Balaban J connectivity index is 2.68. The molecule has 0 aliphatic carbocycles. The fourth-order valence-corrected chi connectivity index (χ4v) is 2.33. The van der Waals surface area contributed by atoms with Crippen molar-refractivity contribution in [3.63, 3.8) is 0 Å². The van der Waals surface area contributed by atoms with Crippen molar-refractivity contribution in [2.24, 2.45) is 5.73 Å². The molecule has 1 amide bonds. The molecule has 0 aliphatic heterocycles. The summed E-state index contributed by atoms with van der Waals surface area (Å²) >= 11 is 0. The van der Waals surface area contributed by atoms with Gasteiger partial charge in [-0.1, -0.05) is 18.2 Å². The van der Waals surface area contributed by atoms with E-state index in [-0.39, 0.29) is 17.7 Å². The second kappa shape index (κ2) is 6.30. The summed E-state index contributed by atoms with van der Waals surface area (Å²) in [6.45, 7) is 0. The summed E-state index contributed by atoms with van der Waals surface area (Å²) in [4.78, 5) is 21.8. The lowest BCUT2D eigenvalue weighted by Gasteiger charge is -2.11. The summed E-state index contributed by atoms with van der Waals surface area (Å²) in [7, 11) is -3.97. The molecule has 0 bridgehead atoms. The molecular formula is C11H14N2O5S. The third kappa shape index (κ3) is 4.68. The lowest BCUT2D eigenvalue weighted by molar-refractivity contribution is -0.137. The van der Waals surface area contributed by atoms with Gasteiger partial charge in [0.1, 0.15) is 0 Å². The maximum Gasteiger partial charge on any atom is 0.303 e. The summed E-state index contributed by atoms with van der Waals surface area (Å²) in [5.41, 5.74) is 5.41. The zero-order chi connectivity index (χ0) is 14.5. The van der Waals surface area contributed by atoms with Gasteiger partial charge in [0.05, 0.1) is 10.9 Å². The summed E-state index contributed by atoms with van der Waals surface area (Å²) in [5, 5.41) is 8.45. The number of hydrogen-bond acceptors (Lipinski definition) is 5. The number of carboxylic acid groups (broad SMARTS) is 1. The van der Waals surface area contributed by atoms with Gasteiger partial charge < -0.3 is 10.8 Å². The molecule has 0 aliphatic rings. The van der Waals surface area contributed by atoms with Gasteiger partial charge in [0.25, 0.3) is 15.9 Å². The molecule has 0 saturated heterocycles. The SMILES string of the molecule is N[C@H](CCC(=O)O)C(=O)NS(=O)(=O)c1ccccc1. The van der Waals surface area contributed by atoms with Crippen LogP contribution in [-0.2, 0) is 19.6 Å². The van der Waals surface area contributed by atoms with Crippen LogP contribution >= 0.6 is 0 Å². The van der Waals surface area contributed by atoms with Crippen molar-refractivity contribution in [3.05, 3.63) is 30.3 Å². The molecule has 0 fully saturated rings. The van der Waals surface area contributed by atoms with Crippen molar-refractivity contribution in [2.45, 2.75) is 23.8 Å². The number of hydrogen-bond donors (Lipinski definition) is 3. The molecule has 0 aromatic heterocycles. The molecule has 8 heteroatoms. The maximum atomic E-state index is 11.8. The van der Waals surface area contributed by atoms with Gasteiger partial charge in [-0.15, -0.1) is 0 Å². The van der Waals surface area contributed by atoms with Gasteiger partial charge in [-0.25, -0.2) is 13.1 Å². The molecule has 0 heterocycles. The Kier molecular flexibility index (Phi) is 5.02. The minimum atomic E-state index is -3.97. The van der Waals surface area contributed by atoms with E-state index < -0.39 is 27.9 Å². The van der Waals surface area contributed by atoms with Crippen LogP contribution in [0.4, 0.5) is 0 Å². The van der Waals surface area contributed by atoms with Gasteiger partial charge in [0.2, 0.25) is 0 Å². The molecule has 104 valence electrons. The van der Waals surface area contributed by atoms with Crippen molar-refractivity contribution in [1.29, 1.82) is 0 Å². The van der Waals surface area contributed by atoms with Crippen molar-refractivity contribution in [2.75, 3.05) is 0 Å². The lowest BCUT2D eigenvalue weighted by Crippen LogP contribution is -2.43. The normalized spacial score (nSPS) is 12.7. The number of benzene rings is 1. The van der Waals surface area contributed by atoms with E-state index in [1.165, 1.54) is 24.3 Å². The molecule has 0 spiro atoms. The molecular weight excluding hydrogens is 272 g/mol. The molecule has 1 aromatic rings. The number of carbonyl (C=O) groups excluding carboxylic acids is 1. The quantitative estimate of drug-likeness (QED) is 0.658. The van der Waals surface area contributed by atoms with E-state index in [1.54, 1.807) is 6.07 Å². The number of rotatable bonds is 6. The Bertz CT molecular complexity index is 556. The van der Waals surface area contributed by atoms with Crippen molar-refractivity contribution in [3.8, 4) is 0 Å². The van der Waals surface area contributed by atoms with Crippen molar-refractivity contribution < 1.29 is 23.1 Å². The predicted octanol–water partition coefficient (Wildman–Crippen LogP) is -0.316. The number of carboxylic acids is 1. The number of sulfonamides is 1. The molecule has 7 nitrogen and oxygen atoms in total. The minimum absolute atomic E-state index is 0.0613. The van der Waals surface area contributed by atoms with Gasteiger partial charge in [-0.3, -0.25) is 9.59 Å². The number of aliphatic carboxylic acids is 1. The van der Waals surface area contributed by atoms with Crippen LogP contribution in [0.3, 0.4) is 0 Å². The largest absolute Gasteiger partial charge is 0.481 e. The first-order valence-corrected chi connectivity index (χ1v) is 6.90. The lowest BCUT2D eigenvalue weighted by atomic mass is 10.1. The summed E-state index contributed by atoms with van der Waals surface area (Å²) in [6, 6.07) is 6.15. The monoisotopic (exact) mass is 286 g/mol. The number of nitrogens with one attached hydrogen (secondary N) is 1. The zero-order valence-electron chi connectivity index (χ0n) is 9.94. The van der Waals surface area contributed by atoms with Crippen LogP contribution < -0.4 is 10.5 Å². The topological polar surface area (TPSA) is 127 Å². The molecule has 1 rings (SSSR count). The molecule has 1 atom stereocenters. The molecule has 1 aromatic carbocycles. The van der Waals surface area contributed by atoms with Crippen LogP contribution in [0, 0.1) is 0 Å². The van der Waals surface area contributed by atoms with E-state index in [1.807, 2.05) is 4.72 Å².